The molecule has 6 heteroatoms. The summed E-state index contributed by atoms with van der Waals surface area (Å²) in [5, 5.41) is 15.4. The lowest BCUT2D eigenvalue weighted by atomic mass is 9.70. The van der Waals surface area contributed by atoms with Crippen molar-refractivity contribution >= 4 is 23.0 Å². The van der Waals surface area contributed by atoms with E-state index in [1.807, 2.05) is 19.2 Å². The molecule has 2 aromatic heterocycles. The molecule has 1 saturated carbocycles. The van der Waals surface area contributed by atoms with Crippen molar-refractivity contribution in [3.8, 4) is 10.4 Å². The van der Waals surface area contributed by atoms with Crippen molar-refractivity contribution in [2.75, 3.05) is 5.32 Å². The number of benzene rings is 1. The van der Waals surface area contributed by atoms with Crippen LogP contribution in [0.15, 0.2) is 36.7 Å². The molecule has 5 nitrogen and oxygen atoms in total. The lowest BCUT2D eigenvalue weighted by Crippen LogP contribution is -2.36. The predicted molar refractivity (Wildman–Crippen MR) is 118 cm³/mol. The number of rotatable bonds is 4. The SMILES string of the molecule is Cc1cc(Nc2nccc(C)n2)cc(-c2cnc([C@@]3(O)CCCC(C)(C)C3)s2)c1. The van der Waals surface area contributed by atoms with Gasteiger partial charge in [0.1, 0.15) is 10.6 Å². The van der Waals surface area contributed by atoms with Crippen molar-refractivity contribution < 1.29 is 5.11 Å². The average molecular weight is 409 g/mol. The Kier molecular flexibility index (Phi) is 5.17. The summed E-state index contributed by atoms with van der Waals surface area (Å²) in [5.41, 5.74) is 3.43. The molecule has 0 spiro atoms. The zero-order chi connectivity index (χ0) is 20.6. The molecule has 0 amide bonds. The minimum absolute atomic E-state index is 0.146. The molecule has 1 aromatic carbocycles. The largest absolute Gasteiger partial charge is 0.383 e. The molecule has 2 heterocycles. The minimum Gasteiger partial charge on any atom is -0.383 e. The Morgan fingerprint density at radius 3 is 2.69 bits per heavy atom. The minimum atomic E-state index is -0.815. The van der Waals surface area contributed by atoms with Gasteiger partial charge in [-0.2, -0.15) is 0 Å². The van der Waals surface area contributed by atoms with Crippen LogP contribution in [0.25, 0.3) is 10.4 Å². The van der Waals surface area contributed by atoms with Gasteiger partial charge in [-0.3, -0.25) is 0 Å². The number of aryl methyl sites for hydroxylation is 2. The van der Waals surface area contributed by atoms with Crippen LogP contribution in [0, 0.1) is 19.3 Å². The summed E-state index contributed by atoms with van der Waals surface area (Å²) in [6.45, 7) is 8.49. The van der Waals surface area contributed by atoms with E-state index >= 15 is 0 Å². The maximum atomic E-state index is 11.3. The van der Waals surface area contributed by atoms with Gasteiger partial charge in [0.2, 0.25) is 5.95 Å². The van der Waals surface area contributed by atoms with Crippen LogP contribution >= 0.6 is 11.3 Å². The van der Waals surface area contributed by atoms with Crippen LogP contribution in [-0.4, -0.2) is 20.1 Å². The Labute approximate surface area is 176 Å². The molecule has 1 fully saturated rings. The molecule has 0 bridgehead atoms. The van der Waals surface area contributed by atoms with E-state index in [9.17, 15) is 5.11 Å². The second-order valence-corrected chi connectivity index (χ2v) is 10.0. The lowest BCUT2D eigenvalue weighted by molar-refractivity contribution is -0.0441. The van der Waals surface area contributed by atoms with E-state index in [0.717, 1.165) is 58.1 Å². The van der Waals surface area contributed by atoms with Crippen molar-refractivity contribution in [3.63, 3.8) is 0 Å². The van der Waals surface area contributed by atoms with Gasteiger partial charge in [0.25, 0.3) is 0 Å². The number of anilines is 2. The maximum absolute atomic E-state index is 11.3. The molecule has 0 saturated heterocycles. The molecule has 0 unspecified atom stereocenters. The second kappa shape index (κ2) is 7.50. The van der Waals surface area contributed by atoms with Crippen LogP contribution in [0.4, 0.5) is 11.6 Å². The summed E-state index contributed by atoms with van der Waals surface area (Å²) in [6.07, 6.45) is 7.38. The summed E-state index contributed by atoms with van der Waals surface area (Å²) in [4.78, 5) is 14.4. The lowest BCUT2D eigenvalue weighted by Gasteiger charge is -2.40. The fraction of sp³-hybridized carbons (Fsp3) is 0.435. The van der Waals surface area contributed by atoms with Gasteiger partial charge in [0.15, 0.2) is 0 Å². The van der Waals surface area contributed by atoms with E-state index in [4.69, 9.17) is 0 Å². The van der Waals surface area contributed by atoms with Crippen LogP contribution in [0.2, 0.25) is 0 Å². The Morgan fingerprint density at radius 1 is 1.10 bits per heavy atom. The highest BCUT2D eigenvalue weighted by atomic mass is 32.1. The molecule has 1 atom stereocenters. The number of hydrogen-bond donors (Lipinski definition) is 2. The normalized spacial score (nSPS) is 21.1. The van der Waals surface area contributed by atoms with Crippen molar-refractivity contribution in [2.45, 2.75) is 59.0 Å². The van der Waals surface area contributed by atoms with E-state index in [1.54, 1.807) is 17.5 Å². The molecule has 0 aliphatic heterocycles. The zero-order valence-electron chi connectivity index (χ0n) is 17.5. The Morgan fingerprint density at radius 2 is 1.93 bits per heavy atom. The van der Waals surface area contributed by atoms with E-state index in [1.165, 1.54) is 0 Å². The third kappa shape index (κ3) is 4.49. The average Bonchev–Trinajstić information content (AvgIpc) is 3.11. The van der Waals surface area contributed by atoms with Crippen molar-refractivity contribution in [3.05, 3.63) is 52.9 Å². The molecule has 3 aromatic rings. The van der Waals surface area contributed by atoms with E-state index in [2.05, 4.69) is 59.2 Å². The number of hydrogen-bond acceptors (Lipinski definition) is 6. The Balaban J connectivity index is 1.62. The van der Waals surface area contributed by atoms with Gasteiger partial charge < -0.3 is 10.4 Å². The molecule has 0 radical (unpaired) electrons. The first-order valence-corrected chi connectivity index (χ1v) is 10.9. The number of aliphatic hydroxyl groups is 1. The smallest absolute Gasteiger partial charge is 0.227 e. The van der Waals surface area contributed by atoms with E-state index < -0.39 is 5.60 Å². The van der Waals surface area contributed by atoms with Crippen molar-refractivity contribution in [1.82, 2.24) is 15.0 Å². The first kappa shape index (κ1) is 20.0. The van der Waals surface area contributed by atoms with Gasteiger partial charge in [0.05, 0.1) is 4.88 Å². The van der Waals surface area contributed by atoms with Crippen LogP contribution in [0.3, 0.4) is 0 Å². The van der Waals surface area contributed by atoms with Crippen molar-refractivity contribution in [2.24, 2.45) is 5.41 Å². The molecule has 152 valence electrons. The molecular formula is C23H28N4OS. The fourth-order valence-corrected chi connectivity index (χ4v) is 5.29. The maximum Gasteiger partial charge on any atom is 0.227 e. The first-order valence-electron chi connectivity index (χ1n) is 10.1. The highest BCUT2D eigenvalue weighted by molar-refractivity contribution is 7.15. The van der Waals surface area contributed by atoms with Crippen LogP contribution in [-0.2, 0) is 5.60 Å². The predicted octanol–water partition coefficient (Wildman–Crippen LogP) is 5.75. The third-order valence-corrected chi connectivity index (χ3v) is 6.77. The van der Waals surface area contributed by atoms with Gasteiger partial charge in [-0.05, 0) is 74.3 Å². The molecule has 1 aliphatic carbocycles. The highest BCUT2D eigenvalue weighted by Crippen LogP contribution is 2.48. The summed E-state index contributed by atoms with van der Waals surface area (Å²) < 4.78 is 0. The van der Waals surface area contributed by atoms with Gasteiger partial charge in [-0.15, -0.1) is 11.3 Å². The van der Waals surface area contributed by atoms with Gasteiger partial charge in [-0.25, -0.2) is 15.0 Å². The summed E-state index contributed by atoms with van der Waals surface area (Å²) in [5.74, 6) is 0.588. The van der Waals surface area contributed by atoms with Gasteiger partial charge >= 0.3 is 0 Å². The topological polar surface area (TPSA) is 70.9 Å². The molecule has 1 aliphatic rings. The summed E-state index contributed by atoms with van der Waals surface area (Å²) >= 11 is 1.60. The summed E-state index contributed by atoms with van der Waals surface area (Å²) in [7, 11) is 0. The van der Waals surface area contributed by atoms with Crippen LogP contribution in [0.5, 0.6) is 0 Å². The number of thiazole rings is 1. The number of aromatic nitrogens is 3. The Hall–Kier alpha value is -2.31. The van der Waals surface area contributed by atoms with E-state index in [0.29, 0.717) is 5.95 Å². The Bertz CT molecular complexity index is 1030. The zero-order valence-corrected chi connectivity index (χ0v) is 18.3. The van der Waals surface area contributed by atoms with Gasteiger partial charge in [-0.1, -0.05) is 19.9 Å². The monoisotopic (exact) mass is 408 g/mol. The third-order valence-electron chi connectivity index (χ3n) is 5.53. The fourth-order valence-electron chi connectivity index (χ4n) is 4.27. The van der Waals surface area contributed by atoms with Crippen molar-refractivity contribution in [1.29, 1.82) is 0 Å². The number of nitrogens with zero attached hydrogens (tertiary/aromatic N) is 3. The molecule has 29 heavy (non-hydrogen) atoms. The van der Waals surface area contributed by atoms with Crippen LogP contribution in [0.1, 0.15) is 55.8 Å². The quantitative estimate of drug-likeness (QED) is 0.575. The highest BCUT2D eigenvalue weighted by Gasteiger charge is 2.41. The number of nitrogens with one attached hydrogen (secondary N) is 1. The summed E-state index contributed by atoms with van der Waals surface area (Å²) in [6, 6.07) is 8.19. The second-order valence-electron chi connectivity index (χ2n) is 8.99. The standard InChI is InChI=1S/C23H28N4OS/c1-15-10-17(12-18(11-15)27-21-24-9-6-16(2)26-21)19-13-25-20(29-19)23(28)8-5-7-22(3,4)14-23/h6,9-13,28H,5,7-8,14H2,1-4H3,(H,24,26,27)/t23-/m1/s1. The molecule has 4 rings (SSSR count). The molecule has 2 N–H and O–H groups in total. The van der Waals surface area contributed by atoms with Crippen LogP contribution < -0.4 is 5.32 Å². The molecular weight excluding hydrogens is 380 g/mol. The first-order chi connectivity index (χ1) is 13.7. The van der Waals surface area contributed by atoms with E-state index in [-0.39, 0.29) is 5.41 Å². The van der Waals surface area contributed by atoms with Gasteiger partial charge in [0, 0.05) is 23.8 Å².